The fraction of sp³-hybridized carbons (Fsp3) is 0.462. The van der Waals surface area contributed by atoms with Crippen LogP contribution in [0.15, 0.2) is 18.2 Å². The predicted octanol–water partition coefficient (Wildman–Crippen LogP) is 2.89. The third-order valence-corrected chi connectivity index (χ3v) is 4.33. The zero-order chi connectivity index (χ0) is 12.3. The van der Waals surface area contributed by atoms with Crippen LogP contribution in [0.1, 0.15) is 29.2 Å². The van der Waals surface area contributed by atoms with Gasteiger partial charge in [-0.3, -0.25) is 4.79 Å². The van der Waals surface area contributed by atoms with E-state index >= 15 is 0 Å². The lowest BCUT2D eigenvalue weighted by Gasteiger charge is -2.25. The summed E-state index contributed by atoms with van der Waals surface area (Å²) in [5.41, 5.74) is 2.58. The number of aryl methyl sites for hydroxylation is 1. The summed E-state index contributed by atoms with van der Waals surface area (Å²) >= 11 is 1.51. The van der Waals surface area contributed by atoms with Crippen molar-refractivity contribution in [3.05, 3.63) is 29.3 Å². The largest absolute Gasteiger partial charge is 0.497 e. The van der Waals surface area contributed by atoms with Gasteiger partial charge in [0.05, 0.1) is 12.9 Å². The number of fused-ring (bicyclic) bond motifs is 1. The van der Waals surface area contributed by atoms with Gasteiger partial charge in [-0.25, -0.2) is 0 Å². The van der Waals surface area contributed by atoms with Crippen molar-refractivity contribution in [2.45, 2.75) is 24.5 Å². The summed E-state index contributed by atoms with van der Waals surface area (Å²) in [6, 6.07) is 6.12. The van der Waals surface area contributed by atoms with Gasteiger partial charge in [0.1, 0.15) is 5.75 Å². The zero-order valence-corrected chi connectivity index (χ0v) is 10.6. The summed E-state index contributed by atoms with van der Waals surface area (Å²) in [4.78, 5) is 10.6. The van der Waals surface area contributed by atoms with Crippen LogP contribution in [0.25, 0.3) is 0 Å². The molecular weight excluding hydrogens is 236 g/mol. The van der Waals surface area contributed by atoms with Gasteiger partial charge >= 0.3 is 5.97 Å². The predicted molar refractivity (Wildman–Crippen MR) is 68.8 cm³/mol. The Hall–Kier alpha value is -1.16. The van der Waals surface area contributed by atoms with Gasteiger partial charge in [0.15, 0.2) is 0 Å². The molecule has 2 rings (SSSR count). The maximum Gasteiger partial charge on any atom is 0.313 e. The zero-order valence-electron chi connectivity index (χ0n) is 9.81. The lowest BCUT2D eigenvalue weighted by molar-refractivity contribution is -0.133. The van der Waals surface area contributed by atoms with E-state index in [2.05, 4.69) is 6.07 Å². The number of carboxylic acid groups (broad SMARTS) is 1. The molecule has 3 nitrogen and oxygen atoms in total. The van der Waals surface area contributed by atoms with Crippen LogP contribution in [0.4, 0.5) is 0 Å². The summed E-state index contributed by atoms with van der Waals surface area (Å²) in [5.74, 6) is 0.276. The van der Waals surface area contributed by atoms with Gasteiger partial charge in [-0.1, -0.05) is 6.07 Å². The van der Waals surface area contributed by atoms with E-state index in [4.69, 9.17) is 9.84 Å². The minimum absolute atomic E-state index is 0.168. The smallest absolute Gasteiger partial charge is 0.313 e. The van der Waals surface area contributed by atoms with Gasteiger partial charge in [-0.05, 0) is 42.5 Å². The SMILES string of the molecule is COc1ccc2c(c1)C(SCC(=O)O)CCC2. The molecule has 1 atom stereocenters. The first-order chi connectivity index (χ1) is 8.20. The van der Waals surface area contributed by atoms with Crippen LogP contribution < -0.4 is 4.74 Å². The van der Waals surface area contributed by atoms with Crippen molar-refractivity contribution in [3.63, 3.8) is 0 Å². The van der Waals surface area contributed by atoms with Crippen LogP contribution in [0, 0.1) is 0 Å². The highest BCUT2D eigenvalue weighted by Crippen LogP contribution is 2.40. The fourth-order valence-electron chi connectivity index (χ4n) is 2.21. The summed E-state index contributed by atoms with van der Waals surface area (Å²) in [7, 11) is 1.66. The molecule has 0 spiro atoms. The van der Waals surface area contributed by atoms with Gasteiger partial charge in [0.25, 0.3) is 0 Å². The maximum atomic E-state index is 10.6. The molecule has 4 heteroatoms. The summed E-state index contributed by atoms with van der Waals surface area (Å²) in [5, 5.41) is 9.04. The highest BCUT2D eigenvalue weighted by molar-refractivity contribution is 8.00. The fourth-order valence-corrected chi connectivity index (χ4v) is 3.28. The van der Waals surface area contributed by atoms with E-state index in [1.54, 1.807) is 7.11 Å². The lowest BCUT2D eigenvalue weighted by Crippen LogP contribution is -2.10. The number of ether oxygens (including phenoxy) is 1. The Labute approximate surface area is 105 Å². The number of carbonyl (C=O) groups is 1. The summed E-state index contributed by atoms with van der Waals surface area (Å²) in [6.45, 7) is 0. The van der Waals surface area contributed by atoms with Gasteiger partial charge < -0.3 is 9.84 Å². The molecule has 1 aliphatic carbocycles. The maximum absolute atomic E-state index is 10.6. The number of rotatable bonds is 4. The Morgan fingerprint density at radius 1 is 1.59 bits per heavy atom. The molecule has 1 aromatic carbocycles. The van der Waals surface area contributed by atoms with Crippen molar-refractivity contribution < 1.29 is 14.6 Å². The topological polar surface area (TPSA) is 46.5 Å². The first kappa shape index (κ1) is 12.3. The second-order valence-corrected chi connectivity index (χ2v) is 5.34. The van der Waals surface area contributed by atoms with E-state index < -0.39 is 5.97 Å². The molecule has 17 heavy (non-hydrogen) atoms. The first-order valence-corrected chi connectivity index (χ1v) is 6.76. The number of thioether (sulfide) groups is 1. The van der Waals surface area contributed by atoms with Crippen LogP contribution in [0.2, 0.25) is 0 Å². The third-order valence-electron chi connectivity index (χ3n) is 3.02. The molecule has 0 bridgehead atoms. The molecule has 1 aromatic rings. The van der Waals surface area contributed by atoms with Crippen molar-refractivity contribution in [1.82, 2.24) is 0 Å². The van der Waals surface area contributed by atoms with E-state index in [1.807, 2.05) is 12.1 Å². The molecule has 0 amide bonds. The normalized spacial score (nSPS) is 18.5. The standard InChI is InChI=1S/C13H16O3S/c1-16-10-6-5-9-3-2-4-12(11(9)7-10)17-8-13(14)15/h5-7,12H,2-4,8H2,1H3,(H,14,15). The lowest BCUT2D eigenvalue weighted by atomic mass is 9.91. The minimum atomic E-state index is -0.745. The molecule has 1 unspecified atom stereocenters. The number of benzene rings is 1. The Bertz CT molecular complexity index is 417. The Balaban J connectivity index is 2.19. The molecule has 0 fully saturated rings. The molecule has 0 heterocycles. The van der Waals surface area contributed by atoms with Crippen molar-refractivity contribution in [1.29, 1.82) is 0 Å². The van der Waals surface area contributed by atoms with E-state index in [1.165, 1.54) is 22.9 Å². The number of methoxy groups -OCH3 is 1. The summed E-state index contributed by atoms with van der Waals surface area (Å²) in [6.07, 6.45) is 3.28. The van der Waals surface area contributed by atoms with Crippen LogP contribution in [-0.2, 0) is 11.2 Å². The number of carboxylic acids is 1. The quantitative estimate of drug-likeness (QED) is 0.895. The monoisotopic (exact) mass is 252 g/mol. The average molecular weight is 252 g/mol. The first-order valence-electron chi connectivity index (χ1n) is 5.71. The highest BCUT2D eigenvalue weighted by atomic mass is 32.2. The second kappa shape index (κ2) is 5.45. The molecule has 92 valence electrons. The molecule has 0 radical (unpaired) electrons. The number of aliphatic carboxylic acids is 1. The van der Waals surface area contributed by atoms with E-state index in [0.29, 0.717) is 5.25 Å². The highest BCUT2D eigenvalue weighted by Gasteiger charge is 2.21. The molecule has 0 saturated carbocycles. The van der Waals surface area contributed by atoms with Gasteiger partial charge in [-0.15, -0.1) is 11.8 Å². The Kier molecular flexibility index (Phi) is 3.94. The second-order valence-electron chi connectivity index (χ2n) is 4.15. The molecular formula is C13H16O3S. The van der Waals surface area contributed by atoms with Gasteiger partial charge in [0.2, 0.25) is 0 Å². The van der Waals surface area contributed by atoms with Crippen LogP contribution in [-0.4, -0.2) is 23.9 Å². The van der Waals surface area contributed by atoms with E-state index in [0.717, 1.165) is 25.0 Å². The Morgan fingerprint density at radius 3 is 3.12 bits per heavy atom. The minimum Gasteiger partial charge on any atom is -0.497 e. The molecule has 0 aromatic heterocycles. The summed E-state index contributed by atoms with van der Waals surface area (Å²) < 4.78 is 5.23. The van der Waals surface area contributed by atoms with Crippen LogP contribution >= 0.6 is 11.8 Å². The van der Waals surface area contributed by atoms with Crippen LogP contribution in [0.5, 0.6) is 5.75 Å². The van der Waals surface area contributed by atoms with Crippen molar-refractivity contribution in [3.8, 4) is 5.75 Å². The van der Waals surface area contributed by atoms with Crippen LogP contribution in [0.3, 0.4) is 0 Å². The van der Waals surface area contributed by atoms with Crippen molar-refractivity contribution in [2.24, 2.45) is 0 Å². The van der Waals surface area contributed by atoms with Crippen molar-refractivity contribution >= 4 is 17.7 Å². The van der Waals surface area contributed by atoms with Gasteiger partial charge in [0, 0.05) is 5.25 Å². The Morgan fingerprint density at radius 2 is 2.41 bits per heavy atom. The molecule has 0 saturated heterocycles. The molecule has 1 N–H and O–H groups in total. The van der Waals surface area contributed by atoms with E-state index in [-0.39, 0.29) is 5.75 Å². The van der Waals surface area contributed by atoms with E-state index in [9.17, 15) is 4.79 Å². The van der Waals surface area contributed by atoms with Crippen molar-refractivity contribution in [2.75, 3.05) is 12.9 Å². The number of hydrogen-bond donors (Lipinski definition) is 1. The number of hydrogen-bond acceptors (Lipinski definition) is 3. The molecule has 1 aliphatic rings. The van der Waals surface area contributed by atoms with Gasteiger partial charge in [-0.2, -0.15) is 0 Å². The average Bonchev–Trinajstić information content (AvgIpc) is 2.35. The third kappa shape index (κ3) is 2.94. The molecule has 0 aliphatic heterocycles.